The van der Waals surface area contributed by atoms with Gasteiger partial charge in [-0.15, -0.1) is 0 Å². The molecule has 4 nitrogen and oxygen atoms in total. The van der Waals surface area contributed by atoms with Crippen molar-refractivity contribution in [2.75, 3.05) is 7.05 Å². The molecule has 2 aromatic heterocycles. The van der Waals surface area contributed by atoms with Crippen molar-refractivity contribution in [2.45, 2.75) is 45.9 Å². The van der Waals surface area contributed by atoms with Gasteiger partial charge in [-0.1, -0.05) is 0 Å². The van der Waals surface area contributed by atoms with Crippen molar-refractivity contribution >= 4 is 0 Å². The second-order valence-electron chi connectivity index (χ2n) is 6.50. The molecule has 0 atom stereocenters. The van der Waals surface area contributed by atoms with Gasteiger partial charge in [0.15, 0.2) is 0 Å². The lowest BCUT2D eigenvalue weighted by Gasteiger charge is -2.19. The average Bonchev–Trinajstić information content (AvgIpc) is 2.84. The lowest BCUT2D eigenvalue weighted by Crippen LogP contribution is -2.34. The summed E-state index contributed by atoms with van der Waals surface area (Å²) in [6, 6.07) is 8.19. The summed E-state index contributed by atoms with van der Waals surface area (Å²) in [4.78, 5) is 6.27. The van der Waals surface area contributed by atoms with Gasteiger partial charge in [0, 0.05) is 24.5 Å². The third-order valence-electron chi connectivity index (χ3n) is 3.14. The molecule has 0 aliphatic carbocycles. The average molecular weight is 287 g/mol. The molecule has 0 amide bonds. The summed E-state index contributed by atoms with van der Waals surface area (Å²) in [6.45, 7) is 8.91. The van der Waals surface area contributed by atoms with E-state index in [1.54, 1.807) is 0 Å². The molecule has 0 saturated carbocycles. The number of pyridine rings is 1. The van der Waals surface area contributed by atoms with Crippen LogP contribution in [0.1, 0.15) is 37.9 Å². The monoisotopic (exact) mass is 287 g/mol. The van der Waals surface area contributed by atoms with Gasteiger partial charge in [-0.2, -0.15) is 0 Å². The van der Waals surface area contributed by atoms with E-state index in [-0.39, 0.29) is 5.54 Å². The summed E-state index contributed by atoms with van der Waals surface area (Å²) >= 11 is 0. The first-order valence-corrected chi connectivity index (χ1v) is 7.32. The van der Waals surface area contributed by atoms with Crippen molar-refractivity contribution in [1.29, 1.82) is 0 Å². The van der Waals surface area contributed by atoms with E-state index in [2.05, 4.69) is 49.1 Å². The molecule has 0 saturated heterocycles. The van der Waals surface area contributed by atoms with Gasteiger partial charge in [0.1, 0.15) is 11.5 Å². The number of nitrogens with zero attached hydrogens (tertiary/aromatic N) is 2. The number of rotatable bonds is 6. The summed E-state index contributed by atoms with van der Waals surface area (Å²) in [5.74, 6) is 1.98. The topological polar surface area (TPSA) is 41.3 Å². The van der Waals surface area contributed by atoms with Crippen LogP contribution < -0.4 is 5.32 Å². The minimum absolute atomic E-state index is 0.102. The summed E-state index contributed by atoms with van der Waals surface area (Å²) < 4.78 is 5.87. The molecular weight excluding hydrogens is 262 g/mol. The van der Waals surface area contributed by atoms with Crippen LogP contribution in [0.5, 0.6) is 0 Å². The Labute approximate surface area is 127 Å². The number of furan rings is 1. The summed E-state index contributed by atoms with van der Waals surface area (Å²) in [5.41, 5.74) is 1.36. The fraction of sp³-hybridized carbons (Fsp3) is 0.471. The maximum atomic E-state index is 5.87. The van der Waals surface area contributed by atoms with Gasteiger partial charge in [-0.25, -0.2) is 0 Å². The van der Waals surface area contributed by atoms with Gasteiger partial charge in [0.25, 0.3) is 0 Å². The van der Waals surface area contributed by atoms with Crippen LogP contribution in [-0.4, -0.2) is 22.5 Å². The Hall–Kier alpha value is -1.65. The highest BCUT2D eigenvalue weighted by atomic mass is 16.3. The Kier molecular flexibility index (Phi) is 5.15. The Balaban J connectivity index is 1.84. The van der Waals surface area contributed by atoms with Crippen molar-refractivity contribution in [3.8, 4) is 0 Å². The molecule has 0 radical (unpaired) electrons. The van der Waals surface area contributed by atoms with Crippen molar-refractivity contribution in [2.24, 2.45) is 0 Å². The molecule has 1 N–H and O–H groups in total. The first kappa shape index (κ1) is 15.7. The van der Waals surface area contributed by atoms with E-state index in [1.807, 2.05) is 30.6 Å². The highest BCUT2D eigenvalue weighted by Gasteiger charge is 2.11. The molecule has 2 heterocycles. The predicted octanol–water partition coefficient (Wildman–Crippen LogP) is 3.19. The number of hydrogen-bond donors (Lipinski definition) is 1. The molecular formula is C17H25N3O. The molecule has 0 bridgehead atoms. The first-order valence-electron chi connectivity index (χ1n) is 7.32. The van der Waals surface area contributed by atoms with E-state index < -0.39 is 0 Å². The molecule has 2 aromatic rings. The van der Waals surface area contributed by atoms with Gasteiger partial charge < -0.3 is 9.73 Å². The van der Waals surface area contributed by atoms with Crippen LogP contribution in [0, 0.1) is 0 Å². The summed E-state index contributed by atoms with van der Waals surface area (Å²) in [5, 5.41) is 3.43. The van der Waals surface area contributed by atoms with Crippen LogP contribution in [0.15, 0.2) is 41.1 Å². The molecule has 0 aromatic carbocycles. The lowest BCUT2D eigenvalue weighted by atomic mass is 10.1. The third kappa shape index (κ3) is 5.69. The largest absolute Gasteiger partial charge is 0.463 e. The van der Waals surface area contributed by atoms with Gasteiger partial charge in [0.2, 0.25) is 0 Å². The van der Waals surface area contributed by atoms with E-state index in [0.29, 0.717) is 0 Å². The van der Waals surface area contributed by atoms with Crippen molar-refractivity contribution in [3.05, 3.63) is 53.7 Å². The van der Waals surface area contributed by atoms with Crippen LogP contribution in [-0.2, 0) is 19.6 Å². The van der Waals surface area contributed by atoms with Crippen LogP contribution >= 0.6 is 0 Å². The van der Waals surface area contributed by atoms with Crippen molar-refractivity contribution in [1.82, 2.24) is 15.2 Å². The fourth-order valence-corrected chi connectivity index (χ4v) is 2.08. The van der Waals surface area contributed by atoms with E-state index in [1.165, 1.54) is 5.56 Å². The van der Waals surface area contributed by atoms with E-state index in [4.69, 9.17) is 4.42 Å². The van der Waals surface area contributed by atoms with Crippen molar-refractivity contribution < 1.29 is 4.42 Å². The maximum Gasteiger partial charge on any atom is 0.118 e. The molecule has 0 spiro atoms. The fourth-order valence-electron chi connectivity index (χ4n) is 2.08. The Morgan fingerprint density at radius 3 is 2.38 bits per heavy atom. The minimum Gasteiger partial charge on any atom is -0.463 e. The zero-order valence-corrected chi connectivity index (χ0v) is 13.4. The van der Waals surface area contributed by atoms with E-state index in [9.17, 15) is 0 Å². The van der Waals surface area contributed by atoms with Gasteiger partial charge in [-0.3, -0.25) is 9.88 Å². The van der Waals surface area contributed by atoms with Crippen molar-refractivity contribution in [3.63, 3.8) is 0 Å². The van der Waals surface area contributed by atoms with Gasteiger partial charge in [-0.05, 0) is 57.6 Å². The zero-order chi connectivity index (χ0) is 15.3. The first-order chi connectivity index (χ1) is 9.92. The Bertz CT molecular complexity index is 543. The summed E-state index contributed by atoms with van der Waals surface area (Å²) in [7, 11) is 2.09. The molecule has 0 aliphatic heterocycles. The van der Waals surface area contributed by atoms with Crippen LogP contribution in [0.2, 0.25) is 0 Å². The zero-order valence-electron chi connectivity index (χ0n) is 13.4. The van der Waals surface area contributed by atoms with Crippen LogP contribution in [0.4, 0.5) is 0 Å². The summed E-state index contributed by atoms with van der Waals surface area (Å²) in [6.07, 6.45) is 3.65. The Morgan fingerprint density at radius 2 is 1.71 bits per heavy atom. The molecule has 21 heavy (non-hydrogen) atoms. The van der Waals surface area contributed by atoms with Gasteiger partial charge in [0.05, 0.1) is 13.1 Å². The quantitative estimate of drug-likeness (QED) is 0.886. The SMILES string of the molecule is CN(Cc1ccncc1)Cc1ccc(CNC(C)(C)C)o1. The lowest BCUT2D eigenvalue weighted by molar-refractivity contribution is 0.280. The second-order valence-corrected chi connectivity index (χ2v) is 6.50. The molecule has 0 fully saturated rings. The number of aromatic nitrogens is 1. The maximum absolute atomic E-state index is 5.87. The molecule has 2 rings (SSSR count). The van der Waals surface area contributed by atoms with Gasteiger partial charge >= 0.3 is 0 Å². The predicted molar refractivity (Wildman–Crippen MR) is 84.7 cm³/mol. The molecule has 4 heteroatoms. The number of nitrogens with one attached hydrogen (secondary N) is 1. The van der Waals surface area contributed by atoms with Crippen LogP contribution in [0.25, 0.3) is 0 Å². The molecule has 0 aliphatic rings. The highest BCUT2D eigenvalue weighted by molar-refractivity contribution is 5.10. The van der Waals surface area contributed by atoms with Crippen LogP contribution in [0.3, 0.4) is 0 Å². The third-order valence-corrected chi connectivity index (χ3v) is 3.14. The highest BCUT2D eigenvalue weighted by Crippen LogP contribution is 2.13. The van der Waals surface area contributed by atoms with E-state index >= 15 is 0 Å². The normalized spacial score (nSPS) is 12.0. The second kappa shape index (κ2) is 6.87. The standard InChI is InChI=1S/C17H25N3O/c1-17(2,3)19-11-15-5-6-16(21-15)13-20(4)12-14-7-9-18-10-8-14/h5-10,19H,11-13H2,1-4H3. The Morgan fingerprint density at radius 1 is 1.05 bits per heavy atom. The molecule has 0 unspecified atom stereocenters. The number of hydrogen-bond acceptors (Lipinski definition) is 4. The van der Waals surface area contributed by atoms with E-state index in [0.717, 1.165) is 31.2 Å². The smallest absolute Gasteiger partial charge is 0.118 e. The minimum atomic E-state index is 0.102. The molecule has 114 valence electrons.